The van der Waals surface area contributed by atoms with Gasteiger partial charge in [-0.3, -0.25) is 52.9 Å². The number of rotatable bonds is 11. The molecule has 0 aliphatic carbocycles. The van der Waals surface area contributed by atoms with Crippen LogP contribution in [0.1, 0.15) is 249 Å². The molecule has 9 N–H and O–H groups in total. The van der Waals surface area contributed by atoms with Crippen LogP contribution in [0, 0.1) is 60.2 Å². The molecule has 1 aromatic heterocycles. The van der Waals surface area contributed by atoms with Crippen molar-refractivity contribution in [1.29, 1.82) is 0 Å². The molecule has 0 saturated carbocycles. The zero-order valence-corrected chi connectivity index (χ0v) is 95.2. The number of nitrogens with zero attached hydrogens (tertiary/aromatic N) is 3. The summed E-state index contributed by atoms with van der Waals surface area (Å²) in [4.78, 5) is 152. The number of aryl methyl sites for hydroxylation is 1. The molecule has 9 saturated heterocycles. The number of nitrogens with one attached hydrogen (secondary N) is 7. The lowest BCUT2D eigenvalue weighted by atomic mass is 9.94. The van der Waals surface area contributed by atoms with E-state index < -0.39 is 11.2 Å². The quantitative estimate of drug-likeness (QED) is 0.0564. The molecule has 0 spiro atoms. The maximum Gasteiger partial charge on any atom is 0.410 e. The molecule has 44 heteroatoms. The van der Waals surface area contributed by atoms with E-state index in [1.54, 1.807) is 28.9 Å². The Morgan fingerprint density at radius 3 is 0.662 bits per heavy atom. The number of esters is 11. The first-order valence-corrected chi connectivity index (χ1v) is 50.2. The van der Waals surface area contributed by atoms with Crippen molar-refractivity contribution in [2.24, 2.45) is 53.3 Å². The Morgan fingerprint density at radius 2 is 0.528 bits per heavy atom. The predicted molar refractivity (Wildman–Crippen MR) is 556 cm³/mol. The number of ether oxygens (including phenoxy) is 13. The van der Waals surface area contributed by atoms with Gasteiger partial charge in [-0.05, 0) is 245 Å². The number of carbonyl (C=O) groups is 13. The summed E-state index contributed by atoms with van der Waals surface area (Å²) in [6.07, 6.45) is 18.1. The molecule has 9 aliphatic heterocycles. The molecule has 834 valence electrons. The van der Waals surface area contributed by atoms with Gasteiger partial charge in [0.15, 0.2) is 0 Å². The number of piperidine rings is 9. The van der Waals surface area contributed by atoms with Gasteiger partial charge in [-0.1, -0.05) is 0 Å². The van der Waals surface area contributed by atoms with Gasteiger partial charge in [0.1, 0.15) is 11.2 Å². The van der Waals surface area contributed by atoms with Crippen LogP contribution < -0.4 is 37.2 Å². The number of halogens is 6. The Kier molecular flexibility index (Phi) is 92.2. The van der Waals surface area contributed by atoms with E-state index in [-0.39, 0.29) is 179 Å². The van der Waals surface area contributed by atoms with E-state index in [9.17, 15) is 62.3 Å². The molecule has 2 amide bonds. The number of hydrogen-bond acceptors (Lipinski definition) is 36. The molecule has 18 atom stereocenters. The van der Waals surface area contributed by atoms with Gasteiger partial charge in [-0.15, -0.1) is 71.2 Å². The van der Waals surface area contributed by atoms with E-state index >= 15 is 0 Å². The van der Waals surface area contributed by atoms with E-state index in [0.717, 1.165) is 181 Å². The topological polar surface area (TPSA) is 486 Å². The number of aromatic nitrogens is 1. The van der Waals surface area contributed by atoms with Crippen LogP contribution in [0.25, 0.3) is 0 Å². The third kappa shape index (κ3) is 71.7. The van der Waals surface area contributed by atoms with Crippen LogP contribution in [0.4, 0.5) is 9.59 Å². The first-order chi connectivity index (χ1) is 66.0. The van der Waals surface area contributed by atoms with Gasteiger partial charge < -0.3 is 119 Å². The smallest absolute Gasteiger partial charge is 0.410 e. The summed E-state index contributed by atoms with van der Waals surface area (Å²) in [5.74, 6) is -1.54. The normalized spacial score (nSPS) is 24.7. The van der Waals surface area contributed by atoms with E-state index in [0.29, 0.717) is 67.6 Å². The SMILES string of the molecule is CCOC(C)=O.CO.CO.COC(=O)[C@@H]1CCC(C)NC1.COC(=O)[C@@H]1CC[C@@H](C)N(C(=O)OC(C)(C)C)C1.COC(=O)[C@@H]1CC[C@H](C)N(C(=O)OC(C)(C)C)C1.COC(=O)[C@@H]1CC[C@H](C)NC1.COC(=O)[C@@H]1CC[C@H](C)NC1.COC(=O)[C@@H]1CC[C@H](C)NC1.COC(=O)[C@@H]1CC[C@H](C)NC1.COC(=O)[C@H]1CC[C@@H](C)NC1.COC(=O)[C@H]1CC[C@@H](C)NC1.COC(=O)c1ccc(C)nc1.Cl.Cl.ClCCl.ClCCl. The van der Waals surface area contributed by atoms with Crippen molar-refractivity contribution in [3.05, 3.63) is 29.6 Å². The highest BCUT2D eigenvalue weighted by Crippen LogP contribution is 2.28. The monoisotopic (exact) mass is 2160 g/mol. The van der Waals surface area contributed by atoms with Gasteiger partial charge >= 0.3 is 77.8 Å². The Balaban J connectivity index is -0.000000281. The van der Waals surface area contributed by atoms with Crippen molar-refractivity contribution in [1.82, 2.24) is 52.0 Å². The number of pyridine rings is 1. The Labute approximate surface area is 880 Å². The van der Waals surface area contributed by atoms with E-state index in [4.69, 9.17) is 75.6 Å². The minimum absolute atomic E-state index is 0. The molecule has 38 nitrogen and oxygen atoms in total. The molecule has 10 rings (SSSR count). The molecule has 1 unspecified atom stereocenters. The summed E-state index contributed by atoms with van der Waals surface area (Å²) in [5.41, 5.74) is 0.333. The van der Waals surface area contributed by atoms with Crippen molar-refractivity contribution in [3.8, 4) is 0 Å². The van der Waals surface area contributed by atoms with Gasteiger partial charge in [-0.25, -0.2) is 14.4 Å². The van der Waals surface area contributed by atoms with Crippen LogP contribution in [0.2, 0.25) is 0 Å². The number of hydrogen-bond donors (Lipinski definition) is 9. The van der Waals surface area contributed by atoms with Crippen LogP contribution >= 0.6 is 71.2 Å². The zero-order chi connectivity index (χ0) is 108. The number of methoxy groups -OCH3 is 10. The molecule has 9 fully saturated rings. The largest absolute Gasteiger partial charge is 0.469 e. The number of alkyl halides is 4. The maximum atomic E-state index is 12.0. The van der Waals surface area contributed by atoms with Crippen molar-refractivity contribution >= 4 is 149 Å². The first kappa shape index (κ1) is 148. The van der Waals surface area contributed by atoms with E-state index in [2.05, 4.69) is 133 Å². The highest BCUT2D eigenvalue weighted by molar-refractivity contribution is 6.41. The Bertz CT molecular complexity index is 3080. The highest BCUT2D eigenvalue weighted by Gasteiger charge is 2.38. The summed E-state index contributed by atoms with van der Waals surface area (Å²) in [6.45, 7) is 41.5. The number of carbonyl (C=O) groups excluding carboxylic acids is 13. The molecule has 142 heavy (non-hydrogen) atoms. The lowest BCUT2D eigenvalue weighted by Crippen LogP contribution is -2.49. The van der Waals surface area contributed by atoms with Crippen LogP contribution in [0.3, 0.4) is 0 Å². The van der Waals surface area contributed by atoms with Gasteiger partial charge in [0.05, 0.1) is 147 Å². The summed E-state index contributed by atoms with van der Waals surface area (Å²) >= 11 is 19.1. The van der Waals surface area contributed by atoms with E-state index in [1.165, 1.54) is 84.2 Å². The number of aliphatic hydroxyl groups is 2. The molecule has 10 heterocycles. The molecule has 0 aromatic carbocycles. The summed E-state index contributed by atoms with van der Waals surface area (Å²) in [6, 6.07) is 7.52. The third-order valence-corrected chi connectivity index (χ3v) is 23.1. The van der Waals surface area contributed by atoms with Crippen LogP contribution in [-0.2, 0) is 110 Å². The van der Waals surface area contributed by atoms with Crippen molar-refractivity contribution in [2.45, 2.75) is 306 Å². The molecule has 9 aliphatic rings. The minimum atomic E-state index is -0.519. The molecular weight excluding hydrogens is 1980 g/mol. The van der Waals surface area contributed by atoms with Crippen LogP contribution in [0.5, 0.6) is 0 Å². The third-order valence-electron chi connectivity index (χ3n) is 23.1. The van der Waals surface area contributed by atoms with E-state index in [1.807, 2.05) is 62.3 Å². The zero-order valence-electron chi connectivity index (χ0n) is 90.5. The number of amides is 2. The molecule has 0 radical (unpaired) electrons. The molecular formula is C98H182Cl6N10O28. The molecule has 0 bridgehead atoms. The Hall–Kier alpha value is -6.76. The summed E-state index contributed by atoms with van der Waals surface area (Å²) < 4.78 is 61.6. The fourth-order valence-corrected chi connectivity index (χ4v) is 14.6. The lowest BCUT2D eigenvalue weighted by Gasteiger charge is -2.37. The fourth-order valence-electron chi connectivity index (χ4n) is 14.6. The van der Waals surface area contributed by atoms with Crippen LogP contribution in [0.15, 0.2) is 18.3 Å². The average Bonchev–Trinajstić information content (AvgIpc) is 0.832. The van der Waals surface area contributed by atoms with Gasteiger partial charge in [0, 0.05) is 146 Å². The predicted octanol–water partition coefficient (Wildman–Crippen LogP) is 12.9. The summed E-state index contributed by atoms with van der Waals surface area (Å²) in [7, 11) is 16.2. The standard InChI is InChI=1S/2C13H23NO4.7C8H15NO2.C8H9NO2.C4H8O2.2CH2Cl2.2CH4O.2ClH/c2*1-9-6-7-10(11(15)17-5)8-14(9)12(16)18-13(2,3)4;8*1-6-3-4-7(5-9-6)8(10)11-2;1-3-6-4(2)5;2*2-1-3;2*1-2;;/h2*9-10H,6-8H2,1-5H3;7*6-7,9H,3-5H2,1-2H3;3-5H,1-2H3;3H2,1-2H3;2*1H2;2*2H,1H3;2*1H/t9-,10+;9-,10-;6?,7-;6*6-,7+;;;;;;;;/m011110000......../s1. The van der Waals surface area contributed by atoms with Crippen molar-refractivity contribution in [2.75, 3.05) is 162 Å². The fraction of sp³-hybridized carbons (Fsp3) is 0.816. The van der Waals surface area contributed by atoms with Crippen LogP contribution in [-0.4, -0.2) is 330 Å². The summed E-state index contributed by atoms with van der Waals surface area (Å²) in [5, 5.41) is 37.1. The average molecular weight is 2160 g/mol. The van der Waals surface area contributed by atoms with Gasteiger partial charge in [-0.2, -0.15) is 0 Å². The molecule has 1 aromatic rings. The minimum Gasteiger partial charge on any atom is -0.469 e. The number of aliphatic hydroxyl groups excluding tert-OH is 2. The highest BCUT2D eigenvalue weighted by atomic mass is 35.5. The lowest BCUT2D eigenvalue weighted by molar-refractivity contribution is -0.148. The first-order valence-electron chi connectivity index (χ1n) is 48.1. The van der Waals surface area contributed by atoms with Gasteiger partial charge in [0.25, 0.3) is 0 Å². The van der Waals surface area contributed by atoms with Crippen molar-refractivity contribution in [3.63, 3.8) is 0 Å². The second-order valence-electron chi connectivity index (χ2n) is 36.6. The second-order valence-corrected chi connectivity index (χ2v) is 38.2. The van der Waals surface area contributed by atoms with Crippen molar-refractivity contribution < 1.29 is 134 Å². The second kappa shape index (κ2) is 88.3. The number of likely N-dealkylation sites (tertiary alicyclic amines) is 2. The maximum absolute atomic E-state index is 12.0. The Morgan fingerprint density at radius 1 is 0.338 bits per heavy atom. The van der Waals surface area contributed by atoms with Gasteiger partial charge in [0.2, 0.25) is 0 Å².